The van der Waals surface area contributed by atoms with Gasteiger partial charge in [0.1, 0.15) is 6.04 Å². The number of nitrogen functional groups attached to an aromatic ring is 1. The zero-order valence-electron chi connectivity index (χ0n) is 11.1. The highest BCUT2D eigenvalue weighted by Gasteiger charge is 2.18. The topological polar surface area (TPSA) is 92.4 Å². The standard InChI is InChI=1S/C14H20N2O3/c1-2-3-4-12(14(18)19)16-13(17)9-10-5-7-11(15)8-6-10/h5-8,12H,2-4,9,15H2,1H3,(H,16,17)(H,18,19)/t12-/m0/s1. The number of hydrogen-bond donors (Lipinski definition) is 3. The Labute approximate surface area is 112 Å². The summed E-state index contributed by atoms with van der Waals surface area (Å²) >= 11 is 0. The average Bonchev–Trinajstić information content (AvgIpc) is 2.37. The highest BCUT2D eigenvalue weighted by atomic mass is 16.4. The van der Waals surface area contributed by atoms with Crippen molar-refractivity contribution in [3.05, 3.63) is 29.8 Å². The van der Waals surface area contributed by atoms with Gasteiger partial charge < -0.3 is 16.2 Å². The SMILES string of the molecule is CCCC[C@H](NC(=O)Cc1ccc(N)cc1)C(=O)O. The third-order valence-electron chi connectivity index (χ3n) is 2.82. The molecule has 19 heavy (non-hydrogen) atoms. The van der Waals surface area contributed by atoms with Crippen LogP contribution in [0.2, 0.25) is 0 Å². The van der Waals surface area contributed by atoms with Gasteiger partial charge in [0.15, 0.2) is 0 Å². The van der Waals surface area contributed by atoms with Crippen molar-refractivity contribution in [2.24, 2.45) is 0 Å². The number of carboxylic acids is 1. The molecule has 0 aromatic heterocycles. The molecule has 1 rings (SSSR count). The fraction of sp³-hybridized carbons (Fsp3) is 0.429. The van der Waals surface area contributed by atoms with Crippen molar-refractivity contribution in [3.8, 4) is 0 Å². The smallest absolute Gasteiger partial charge is 0.326 e. The van der Waals surface area contributed by atoms with Gasteiger partial charge in [0, 0.05) is 5.69 Å². The number of rotatable bonds is 7. The number of amides is 1. The van der Waals surface area contributed by atoms with Gasteiger partial charge in [0.2, 0.25) is 5.91 Å². The molecule has 0 fully saturated rings. The van der Waals surface area contributed by atoms with Crippen molar-refractivity contribution in [1.29, 1.82) is 0 Å². The van der Waals surface area contributed by atoms with Crippen LogP contribution in [0.4, 0.5) is 5.69 Å². The lowest BCUT2D eigenvalue weighted by Crippen LogP contribution is -2.41. The lowest BCUT2D eigenvalue weighted by Gasteiger charge is -2.14. The molecule has 0 bridgehead atoms. The number of carbonyl (C=O) groups excluding carboxylic acids is 1. The first-order chi connectivity index (χ1) is 9.02. The van der Waals surface area contributed by atoms with Crippen molar-refractivity contribution >= 4 is 17.6 Å². The summed E-state index contributed by atoms with van der Waals surface area (Å²) < 4.78 is 0. The summed E-state index contributed by atoms with van der Waals surface area (Å²) in [5.41, 5.74) is 7.00. The molecule has 104 valence electrons. The largest absolute Gasteiger partial charge is 0.480 e. The van der Waals surface area contributed by atoms with Gasteiger partial charge in [-0.05, 0) is 24.1 Å². The van der Waals surface area contributed by atoms with Crippen molar-refractivity contribution in [2.75, 3.05) is 5.73 Å². The van der Waals surface area contributed by atoms with Crippen LogP contribution in [0.5, 0.6) is 0 Å². The Morgan fingerprint density at radius 3 is 2.47 bits per heavy atom. The molecule has 0 heterocycles. The van der Waals surface area contributed by atoms with E-state index in [0.717, 1.165) is 18.4 Å². The van der Waals surface area contributed by atoms with Gasteiger partial charge >= 0.3 is 5.97 Å². The fourth-order valence-electron chi connectivity index (χ4n) is 1.73. The lowest BCUT2D eigenvalue weighted by molar-refractivity contribution is -0.142. The normalized spacial score (nSPS) is 11.8. The minimum atomic E-state index is -0.987. The second-order valence-corrected chi connectivity index (χ2v) is 4.52. The van der Waals surface area contributed by atoms with Gasteiger partial charge in [-0.1, -0.05) is 31.9 Å². The number of nitrogens with one attached hydrogen (secondary N) is 1. The molecule has 0 unspecified atom stereocenters. The third kappa shape index (κ3) is 5.42. The van der Waals surface area contributed by atoms with E-state index >= 15 is 0 Å². The third-order valence-corrected chi connectivity index (χ3v) is 2.82. The molecule has 0 saturated carbocycles. The molecule has 1 aromatic rings. The molecule has 0 radical (unpaired) electrons. The van der Waals surface area contributed by atoms with Crippen LogP contribution >= 0.6 is 0 Å². The van der Waals surface area contributed by atoms with E-state index in [4.69, 9.17) is 10.8 Å². The molecule has 1 atom stereocenters. The zero-order chi connectivity index (χ0) is 14.3. The van der Waals surface area contributed by atoms with Crippen LogP contribution in [0, 0.1) is 0 Å². The van der Waals surface area contributed by atoms with Crippen LogP contribution in [0.3, 0.4) is 0 Å². The Hall–Kier alpha value is -2.04. The van der Waals surface area contributed by atoms with Crippen molar-refractivity contribution < 1.29 is 14.7 Å². The van der Waals surface area contributed by atoms with Crippen molar-refractivity contribution in [2.45, 2.75) is 38.6 Å². The van der Waals surface area contributed by atoms with Crippen LogP contribution < -0.4 is 11.1 Å². The number of aliphatic carboxylic acids is 1. The van der Waals surface area contributed by atoms with E-state index < -0.39 is 12.0 Å². The van der Waals surface area contributed by atoms with Gasteiger partial charge in [-0.15, -0.1) is 0 Å². The molecule has 5 heteroatoms. The second kappa shape index (κ2) is 7.41. The Morgan fingerprint density at radius 2 is 1.95 bits per heavy atom. The number of carbonyl (C=O) groups is 2. The average molecular weight is 264 g/mol. The van der Waals surface area contributed by atoms with E-state index in [0.29, 0.717) is 12.1 Å². The Morgan fingerprint density at radius 1 is 1.32 bits per heavy atom. The van der Waals surface area contributed by atoms with E-state index in [1.54, 1.807) is 24.3 Å². The van der Waals surface area contributed by atoms with Crippen LogP contribution in [0.25, 0.3) is 0 Å². The van der Waals surface area contributed by atoms with Gasteiger partial charge in [0.05, 0.1) is 6.42 Å². The van der Waals surface area contributed by atoms with E-state index in [1.165, 1.54) is 0 Å². The fourth-order valence-corrected chi connectivity index (χ4v) is 1.73. The molecule has 0 aliphatic carbocycles. The summed E-state index contributed by atoms with van der Waals surface area (Å²) in [5.74, 6) is -1.27. The first-order valence-corrected chi connectivity index (χ1v) is 6.39. The Kier molecular flexibility index (Phi) is 5.85. The molecule has 1 aromatic carbocycles. The van der Waals surface area contributed by atoms with Crippen molar-refractivity contribution in [3.63, 3.8) is 0 Å². The highest BCUT2D eigenvalue weighted by Crippen LogP contribution is 2.07. The zero-order valence-corrected chi connectivity index (χ0v) is 11.1. The maximum absolute atomic E-state index is 11.8. The number of benzene rings is 1. The Bertz CT molecular complexity index is 429. The molecule has 4 N–H and O–H groups in total. The minimum Gasteiger partial charge on any atom is -0.480 e. The quantitative estimate of drug-likeness (QED) is 0.652. The molecule has 5 nitrogen and oxygen atoms in total. The monoisotopic (exact) mass is 264 g/mol. The van der Waals surface area contributed by atoms with Crippen LogP contribution in [-0.2, 0) is 16.0 Å². The van der Waals surface area contributed by atoms with Crippen LogP contribution in [0.15, 0.2) is 24.3 Å². The van der Waals surface area contributed by atoms with E-state index in [-0.39, 0.29) is 12.3 Å². The predicted octanol–water partition coefficient (Wildman–Crippen LogP) is 1.57. The summed E-state index contributed by atoms with van der Waals surface area (Å²) in [6, 6.07) is 6.15. The first-order valence-electron chi connectivity index (χ1n) is 6.39. The van der Waals surface area contributed by atoms with Crippen LogP contribution in [0.1, 0.15) is 31.7 Å². The molecule has 0 aliphatic rings. The number of nitrogens with two attached hydrogens (primary N) is 1. The number of anilines is 1. The molecular formula is C14H20N2O3. The second-order valence-electron chi connectivity index (χ2n) is 4.52. The highest BCUT2D eigenvalue weighted by molar-refractivity contribution is 5.84. The molecular weight excluding hydrogens is 244 g/mol. The lowest BCUT2D eigenvalue weighted by atomic mass is 10.1. The molecule has 1 amide bonds. The summed E-state index contributed by atoms with van der Waals surface area (Å²) in [6.45, 7) is 1.98. The number of carboxylic acid groups (broad SMARTS) is 1. The molecule has 0 spiro atoms. The predicted molar refractivity (Wildman–Crippen MR) is 73.6 cm³/mol. The maximum atomic E-state index is 11.8. The van der Waals surface area contributed by atoms with Gasteiger partial charge in [-0.25, -0.2) is 4.79 Å². The Balaban J connectivity index is 2.52. The van der Waals surface area contributed by atoms with E-state index in [1.807, 2.05) is 6.92 Å². The summed E-state index contributed by atoms with van der Waals surface area (Å²) in [4.78, 5) is 22.8. The van der Waals surface area contributed by atoms with Crippen molar-refractivity contribution in [1.82, 2.24) is 5.32 Å². The van der Waals surface area contributed by atoms with E-state index in [2.05, 4.69) is 5.32 Å². The summed E-state index contributed by atoms with van der Waals surface area (Å²) in [6.07, 6.45) is 2.30. The first kappa shape index (κ1) is 15.0. The van der Waals surface area contributed by atoms with Gasteiger partial charge in [-0.3, -0.25) is 4.79 Å². The number of unbranched alkanes of at least 4 members (excludes halogenated alkanes) is 1. The van der Waals surface area contributed by atoms with E-state index in [9.17, 15) is 9.59 Å². The number of hydrogen-bond acceptors (Lipinski definition) is 3. The molecule has 0 aliphatic heterocycles. The molecule has 0 saturated heterocycles. The van der Waals surface area contributed by atoms with Gasteiger partial charge in [0.25, 0.3) is 0 Å². The minimum absolute atomic E-state index is 0.163. The van der Waals surface area contributed by atoms with Crippen LogP contribution in [-0.4, -0.2) is 23.0 Å². The van der Waals surface area contributed by atoms with Gasteiger partial charge in [-0.2, -0.15) is 0 Å². The summed E-state index contributed by atoms with van der Waals surface area (Å²) in [5, 5.41) is 11.6. The summed E-state index contributed by atoms with van der Waals surface area (Å²) in [7, 11) is 0. The maximum Gasteiger partial charge on any atom is 0.326 e.